The smallest absolute Gasteiger partial charge is 0.243 e. The number of sulfonamides is 1. The highest BCUT2D eigenvalue weighted by Gasteiger charge is 2.36. The molecule has 1 unspecified atom stereocenters. The molecule has 0 aliphatic carbocycles. The number of carbonyl (C=O) groups excluding carboxylic acids is 1. The highest BCUT2D eigenvalue weighted by Crippen LogP contribution is 2.32. The molecule has 186 valence electrons. The number of piperidine rings is 1. The van der Waals surface area contributed by atoms with Crippen LogP contribution in [0.5, 0.6) is 5.75 Å². The molecule has 0 bridgehead atoms. The van der Waals surface area contributed by atoms with Crippen LogP contribution in [0.2, 0.25) is 0 Å². The number of carbonyl (C=O) groups is 1. The summed E-state index contributed by atoms with van der Waals surface area (Å²) in [4.78, 5) is 24.8. The van der Waals surface area contributed by atoms with Crippen LogP contribution in [0.1, 0.15) is 18.5 Å². The van der Waals surface area contributed by atoms with E-state index in [0.29, 0.717) is 30.3 Å². The van der Waals surface area contributed by atoms with Crippen LogP contribution in [0.3, 0.4) is 0 Å². The molecule has 1 aliphatic rings. The van der Waals surface area contributed by atoms with Crippen LogP contribution in [0.4, 0.5) is 5.13 Å². The van der Waals surface area contributed by atoms with E-state index in [1.807, 2.05) is 42.5 Å². The summed E-state index contributed by atoms with van der Waals surface area (Å²) in [6, 6.07) is 19.7. The van der Waals surface area contributed by atoms with Crippen LogP contribution < -0.4 is 9.64 Å². The zero-order valence-corrected chi connectivity index (χ0v) is 21.4. The number of thiazole rings is 1. The number of nitrogens with zero attached hydrogens (tertiary/aromatic N) is 4. The van der Waals surface area contributed by atoms with E-state index in [2.05, 4.69) is 4.98 Å². The number of aromatic nitrogens is 2. The summed E-state index contributed by atoms with van der Waals surface area (Å²) in [5.41, 5.74) is 1.56. The maximum Gasteiger partial charge on any atom is 0.243 e. The van der Waals surface area contributed by atoms with Crippen molar-refractivity contribution >= 4 is 42.6 Å². The van der Waals surface area contributed by atoms with Gasteiger partial charge in [0, 0.05) is 19.3 Å². The van der Waals surface area contributed by atoms with Crippen molar-refractivity contribution in [2.75, 3.05) is 25.1 Å². The number of hydrogen-bond acceptors (Lipinski definition) is 7. The number of amides is 1. The molecule has 1 saturated heterocycles. The maximum atomic E-state index is 13.9. The minimum absolute atomic E-state index is 0.122. The molecule has 1 fully saturated rings. The minimum Gasteiger partial charge on any atom is -0.497 e. The average Bonchev–Trinajstić information content (AvgIpc) is 3.36. The molecule has 4 aromatic rings. The molecule has 2 aromatic carbocycles. The van der Waals surface area contributed by atoms with Gasteiger partial charge in [0.2, 0.25) is 15.9 Å². The van der Waals surface area contributed by atoms with Crippen molar-refractivity contribution in [1.29, 1.82) is 0 Å². The van der Waals surface area contributed by atoms with Crippen LogP contribution >= 0.6 is 11.3 Å². The van der Waals surface area contributed by atoms with Gasteiger partial charge >= 0.3 is 0 Å². The maximum absolute atomic E-state index is 13.9. The number of rotatable bonds is 7. The molecule has 36 heavy (non-hydrogen) atoms. The van der Waals surface area contributed by atoms with Gasteiger partial charge in [0.15, 0.2) is 5.13 Å². The molecule has 1 atom stereocenters. The second-order valence-corrected chi connectivity index (χ2v) is 11.5. The summed E-state index contributed by atoms with van der Waals surface area (Å²) in [6.07, 6.45) is 2.90. The first-order valence-corrected chi connectivity index (χ1v) is 13.9. The predicted octanol–water partition coefficient (Wildman–Crippen LogP) is 4.33. The molecule has 1 aliphatic heterocycles. The van der Waals surface area contributed by atoms with Gasteiger partial charge in [0.05, 0.1) is 40.4 Å². The molecule has 2 aromatic heterocycles. The number of pyridine rings is 1. The molecular formula is C26H26N4O4S2. The highest BCUT2D eigenvalue weighted by molar-refractivity contribution is 7.89. The minimum atomic E-state index is -3.74. The highest BCUT2D eigenvalue weighted by atomic mass is 32.2. The Hall–Kier alpha value is -3.34. The molecular weight excluding hydrogens is 496 g/mol. The Balaban J connectivity index is 1.42. The van der Waals surface area contributed by atoms with E-state index >= 15 is 0 Å². The van der Waals surface area contributed by atoms with Crippen molar-refractivity contribution in [2.45, 2.75) is 24.3 Å². The predicted molar refractivity (Wildman–Crippen MR) is 140 cm³/mol. The lowest BCUT2D eigenvalue weighted by Crippen LogP contribution is -2.46. The second-order valence-electron chi connectivity index (χ2n) is 8.59. The number of fused-ring (bicyclic) bond motifs is 1. The van der Waals surface area contributed by atoms with Crippen LogP contribution in [0, 0.1) is 5.92 Å². The first-order chi connectivity index (χ1) is 17.5. The van der Waals surface area contributed by atoms with E-state index in [1.54, 1.807) is 23.2 Å². The standard InChI is InChI=1S/C26H26N4O4S2/c1-34-21-11-13-22(14-12-21)36(32,33)29-16-6-7-19(17-29)25(31)30(18-20-8-4-5-15-27-20)26-28-23-9-2-3-10-24(23)35-26/h2-5,8-15,19H,6-7,16-18H2,1H3. The Morgan fingerprint density at radius 3 is 2.61 bits per heavy atom. The zero-order valence-electron chi connectivity index (χ0n) is 19.8. The number of methoxy groups -OCH3 is 1. The Kier molecular flexibility index (Phi) is 6.99. The summed E-state index contributed by atoms with van der Waals surface area (Å²) in [5.74, 6) is -0.0431. The number of benzene rings is 2. The van der Waals surface area contributed by atoms with Crippen LogP contribution in [0.15, 0.2) is 77.8 Å². The zero-order chi connectivity index (χ0) is 25.1. The average molecular weight is 523 g/mol. The molecule has 5 rings (SSSR count). The van der Waals surface area contributed by atoms with E-state index in [0.717, 1.165) is 15.9 Å². The summed E-state index contributed by atoms with van der Waals surface area (Å²) in [6.45, 7) is 0.761. The monoisotopic (exact) mass is 522 g/mol. The van der Waals surface area contributed by atoms with Crippen molar-refractivity contribution in [3.8, 4) is 5.75 Å². The number of anilines is 1. The van der Waals surface area contributed by atoms with Gasteiger partial charge in [0.1, 0.15) is 5.75 Å². The molecule has 8 nitrogen and oxygen atoms in total. The largest absolute Gasteiger partial charge is 0.497 e. The first kappa shape index (κ1) is 24.4. The van der Waals surface area contributed by atoms with Crippen molar-refractivity contribution in [3.05, 3.63) is 78.6 Å². The lowest BCUT2D eigenvalue weighted by atomic mass is 9.98. The lowest BCUT2D eigenvalue weighted by molar-refractivity contribution is -0.123. The summed E-state index contributed by atoms with van der Waals surface area (Å²) in [7, 11) is -2.21. The van der Waals surface area contributed by atoms with Crippen LogP contribution in [-0.4, -0.2) is 48.8 Å². The first-order valence-electron chi connectivity index (χ1n) is 11.7. The van der Waals surface area contributed by atoms with Crippen molar-refractivity contribution in [2.24, 2.45) is 5.92 Å². The van der Waals surface area contributed by atoms with Crippen molar-refractivity contribution in [1.82, 2.24) is 14.3 Å². The molecule has 0 radical (unpaired) electrons. The third-order valence-corrected chi connectivity index (χ3v) is 9.20. The van der Waals surface area contributed by atoms with E-state index < -0.39 is 15.9 Å². The van der Waals surface area contributed by atoms with Gasteiger partial charge in [-0.3, -0.25) is 14.7 Å². The van der Waals surface area contributed by atoms with E-state index in [4.69, 9.17) is 9.72 Å². The number of ether oxygens (including phenoxy) is 1. The van der Waals surface area contributed by atoms with Gasteiger partial charge in [-0.15, -0.1) is 0 Å². The molecule has 1 amide bonds. The number of para-hydroxylation sites is 1. The quantitative estimate of drug-likeness (QED) is 0.359. The third-order valence-electron chi connectivity index (χ3n) is 6.26. The second kappa shape index (κ2) is 10.3. The van der Waals surface area contributed by atoms with E-state index in [9.17, 15) is 13.2 Å². The van der Waals surface area contributed by atoms with Gasteiger partial charge in [-0.2, -0.15) is 4.31 Å². The normalized spacial score (nSPS) is 16.6. The Labute approximate surface area is 214 Å². The number of hydrogen-bond donors (Lipinski definition) is 0. The molecule has 0 spiro atoms. The Morgan fingerprint density at radius 1 is 1.11 bits per heavy atom. The Morgan fingerprint density at radius 2 is 1.89 bits per heavy atom. The summed E-state index contributed by atoms with van der Waals surface area (Å²) < 4.78 is 34.2. The summed E-state index contributed by atoms with van der Waals surface area (Å²) >= 11 is 1.45. The molecule has 0 N–H and O–H groups in total. The van der Waals surface area contributed by atoms with E-state index in [1.165, 1.54) is 34.9 Å². The van der Waals surface area contributed by atoms with Crippen LogP contribution in [-0.2, 0) is 21.4 Å². The fraction of sp³-hybridized carbons (Fsp3) is 0.269. The van der Waals surface area contributed by atoms with E-state index in [-0.39, 0.29) is 23.9 Å². The van der Waals surface area contributed by atoms with Crippen LogP contribution in [0.25, 0.3) is 10.2 Å². The fourth-order valence-corrected chi connectivity index (χ4v) is 6.84. The lowest BCUT2D eigenvalue weighted by Gasteiger charge is -2.33. The van der Waals surface area contributed by atoms with Gasteiger partial charge in [-0.05, 0) is 61.4 Å². The van der Waals surface area contributed by atoms with Gasteiger partial charge in [0.25, 0.3) is 0 Å². The van der Waals surface area contributed by atoms with Crippen molar-refractivity contribution in [3.63, 3.8) is 0 Å². The third kappa shape index (κ3) is 4.97. The fourth-order valence-electron chi connectivity index (χ4n) is 4.35. The Bertz CT molecular complexity index is 1420. The molecule has 0 saturated carbocycles. The van der Waals surface area contributed by atoms with Gasteiger partial charge in [-0.1, -0.05) is 29.5 Å². The van der Waals surface area contributed by atoms with Gasteiger partial charge in [-0.25, -0.2) is 13.4 Å². The van der Waals surface area contributed by atoms with Gasteiger partial charge < -0.3 is 4.74 Å². The SMILES string of the molecule is COc1ccc(S(=O)(=O)N2CCCC(C(=O)N(Cc3ccccn3)c3nc4ccccc4s3)C2)cc1. The molecule has 3 heterocycles. The van der Waals surface area contributed by atoms with Crippen molar-refractivity contribution < 1.29 is 17.9 Å². The topological polar surface area (TPSA) is 92.7 Å². The molecule has 10 heteroatoms. The summed E-state index contributed by atoms with van der Waals surface area (Å²) in [5, 5.41) is 0.585.